The second-order valence-electron chi connectivity index (χ2n) is 7.35. The molecule has 1 fully saturated rings. The molecule has 1 aromatic heterocycles. The zero-order chi connectivity index (χ0) is 21.4. The van der Waals surface area contributed by atoms with Gasteiger partial charge in [-0.15, -0.1) is 12.4 Å². The number of rotatable bonds is 3. The molecule has 0 radical (unpaired) electrons. The van der Waals surface area contributed by atoms with Crippen LogP contribution in [0.1, 0.15) is 42.3 Å². The number of benzene rings is 1. The topological polar surface area (TPSA) is 28.2 Å². The summed E-state index contributed by atoms with van der Waals surface area (Å²) in [5, 5.41) is 3.32. The van der Waals surface area contributed by atoms with Crippen LogP contribution in [-0.4, -0.2) is 35.1 Å². The van der Waals surface area contributed by atoms with Gasteiger partial charge in [0.2, 0.25) is 0 Å². The van der Waals surface area contributed by atoms with E-state index in [1.54, 1.807) is 0 Å². The molecule has 2 heterocycles. The van der Waals surface area contributed by atoms with Gasteiger partial charge in [-0.3, -0.25) is 9.88 Å². The highest BCUT2D eigenvalue weighted by Crippen LogP contribution is 2.35. The van der Waals surface area contributed by atoms with Crippen molar-refractivity contribution in [1.29, 1.82) is 0 Å². The molecule has 0 bridgehead atoms. The minimum absolute atomic E-state index is 0. The van der Waals surface area contributed by atoms with E-state index in [1.807, 2.05) is 13.8 Å². The van der Waals surface area contributed by atoms with E-state index in [0.717, 1.165) is 24.4 Å². The lowest BCUT2D eigenvalue weighted by Crippen LogP contribution is -2.55. The average Bonchev–Trinajstić information content (AvgIpc) is 2.64. The van der Waals surface area contributed by atoms with Crippen molar-refractivity contribution in [2.45, 2.75) is 44.3 Å². The largest absolute Gasteiger partial charge is 0.417 e. The van der Waals surface area contributed by atoms with Crippen LogP contribution in [0.3, 0.4) is 0 Å². The molecule has 1 saturated heterocycles. The molecule has 0 saturated carbocycles. The monoisotopic (exact) mass is 453 g/mol. The lowest BCUT2D eigenvalue weighted by molar-refractivity contribution is -0.138. The zero-order valence-electron chi connectivity index (χ0n) is 16.3. The molecule has 3 nitrogen and oxygen atoms in total. The van der Waals surface area contributed by atoms with Gasteiger partial charge in [0.25, 0.3) is 0 Å². The highest BCUT2D eigenvalue weighted by molar-refractivity contribution is 5.85. The van der Waals surface area contributed by atoms with Crippen molar-refractivity contribution in [3.8, 4) is 0 Å². The molecule has 2 aromatic rings. The number of hydrogen-bond acceptors (Lipinski definition) is 3. The van der Waals surface area contributed by atoms with Crippen molar-refractivity contribution < 1.29 is 26.3 Å². The van der Waals surface area contributed by atoms with Crippen molar-refractivity contribution >= 4 is 12.4 Å². The molecule has 10 heteroatoms. The van der Waals surface area contributed by atoms with Crippen LogP contribution < -0.4 is 5.32 Å². The van der Waals surface area contributed by atoms with Gasteiger partial charge in [-0.2, -0.15) is 26.3 Å². The molecular formula is C20H22ClF6N3. The minimum Gasteiger partial charge on any atom is -0.311 e. The van der Waals surface area contributed by atoms with Crippen LogP contribution in [-0.2, 0) is 12.4 Å². The fraction of sp³-hybridized carbons (Fsp3) is 0.450. The zero-order valence-corrected chi connectivity index (χ0v) is 17.1. The summed E-state index contributed by atoms with van der Waals surface area (Å²) in [6.07, 6.45) is -8.20. The Labute approximate surface area is 176 Å². The van der Waals surface area contributed by atoms with Crippen molar-refractivity contribution in [3.05, 3.63) is 65.0 Å². The van der Waals surface area contributed by atoms with Gasteiger partial charge in [0.05, 0.1) is 22.9 Å². The standard InChI is InChI=1S/C20H21F6N3.ClH/c1-12-11-29(13(2)9-27-12)18(14-3-5-15(6-4-14)19(21,22)23)17-8-7-16(10-28-17)20(24,25)26;/h3-8,10,12-13,18,27H,9,11H2,1-2H3;1H/t12-,13+,18?;/m0./s1. The first kappa shape index (κ1) is 24.4. The lowest BCUT2D eigenvalue weighted by Gasteiger charge is -2.42. The molecule has 3 rings (SSSR count). The molecule has 1 unspecified atom stereocenters. The minimum atomic E-state index is -4.51. The first-order valence-electron chi connectivity index (χ1n) is 9.16. The van der Waals surface area contributed by atoms with E-state index < -0.39 is 29.5 Å². The van der Waals surface area contributed by atoms with Crippen LogP contribution in [0.15, 0.2) is 42.6 Å². The van der Waals surface area contributed by atoms with E-state index in [0.29, 0.717) is 24.3 Å². The van der Waals surface area contributed by atoms with E-state index in [2.05, 4.69) is 15.2 Å². The van der Waals surface area contributed by atoms with Crippen LogP contribution in [0.4, 0.5) is 26.3 Å². The number of pyridine rings is 1. The Hall–Kier alpha value is -1.84. The van der Waals surface area contributed by atoms with Crippen molar-refractivity contribution in [2.24, 2.45) is 0 Å². The third-order valence-electron chi connectivity index (χ3n) is 5.09. The summed E-state index contributed by atoms with van der Waals surface area (Å²) in [6, 6.07) is 6.55. The smallest absolute Gasteiger partial charge is 0.311 e. The fourth-order valence-corrected chi connectivity index (χ4v) is 3.53. The Morgan fingerprint density at radius 1 is 0.933 bits per heavy atom. The van der Waals surface area contributed by atoms with Crippen molar-refractivity contribution in [2.75, 3.05) is 13.1 Å². The first-order valence-corrected chi connectivity index (χ1v) is 9.16. The van der Waals surface area contributed by atoms with Crippen molar-refractivity contribution in [3.63, 3.8) is 0 Å². The molecule has 1 aliphatic rings. The molecule has 0 spiro atoms. The Balaban J connectivity index is 0.00000320. The van der Waals surface area contributed by atoms with Gasteiger partial charge in [0, 0.05) is 31.4 Å². The molecule has 1 aromatic carbocycles. The van der Waals surface area contributed by atoms with E-state index in [1.165, 1.54) is 18.2 Å². The van der Waals surface area contributed by atoms with Gasteiger partial charge >= 0.3 is 12.4 Å². The maximum Gasteiger partial charge on any atom is 0.417 e. The van der Waals surface area contributed by atoms with E-state index >= 15 is 0 Å². The van der Waals surface area contributed by atoms with Crippen LogP contribution >= 0.6 is 12.4 Å². The lowest BCUT2D eigenvalue weighted by atomic mass is 9.96. The molecular weight excluding hydrogens is 432 g/mol. The second kappa shape index (κ2) is 9.11. The molecule has 30 heavy (non-hydrogen) atoms. The van der Waals surface area contributed by atoms with Crippen LogP contribution in [0.5, 0.6) is 0 Å². The van der Waals surface area contributed by atoms with Gasteiger partial charge < -0.3 is 5.32 Å². The molecule has 3 atom stereocenters. The SMILES string of the molecule is C[C@@H]1CN[C@@H](C)CN1C(c1ccc(C(F)(F)F)cc1)c1ccc(C(F)(F)F)cn1.Cl. The molecule has 0 amide bonds. The van der Waals surface area contributed by atoms with Crippen LogP contribution in [0, 0.1) is 0 Å². The Morgan fingerprint density at radius 2 is 1.50 bits per heavy atom. The molecule has 166 valence electrons. The number of nitrogens with one attached hydrogen (secondary N) is 1. The number of hydrogen-bond donors (Lipinski definition) is 1. The van der Waals surface area contributed by atoms with Crippen molar-refractivity contribution in [1.82, 2.24) is 15.2 Å². The summed E-state index contributed by atoms with van der Waals surface area (Å²) in [7, 11) is 0. The number of nitrogens with zero attached hydrogens (tertiary/aromatic N) is 2. The maximum atomic E-state index is 12.9. The summed E-state index contributed by atoms with van der Waals surface area (Å²) in [4.78, 5) is 6.08. The molecule has 0 aliphatic carbocycles. The van der Waals surface area contributed by atoms with E-state index in [4.69, 9.17) is 0 Å². The number of halogens is 7. The van der Waals surface area contributed by atoms with Gasteiger partial charge in [-0.1, -0.05) is 12.1 Å². The average molecular weight is 454 g/mol. The maximum absolute atomic E-state index is 12.9. The van der Waals surface area contributed by atoms with E-state index in [9.17, 15) is 26.3 Å². The first-order chi connectivity index (χ1) is 13.5. The highest BCUT2D eigenvalue weighted by atomic mass is 35.5. The Bertz CT molecular complexity index is 763. The third-order valence-corrected chi connectivity index (χ3v) is 5.09. The predicted octanol–water partition coefficient (Wildman–Crippen LogP) is 5.31. The van der Waals surface area contributed by atoms with Gasteiger partial charge in [-0.25, -0.2) is 0 Å². The second-order valence-corrected chi connectivity index (χ2v) is 7.35. The predicted molar refractivity (Wildman–Crippen MR) is 103 cm³/mol. The van der Waals surface area contributed by atoms with Gasteiger partial charge in [0.1, 0.15) is 0 Å². The van der Waals surface area contributed by atoms with Crippen LogP contribution in [0.25, 0.3) is 0 Å². The Kier molecular flexibility index (Phi) is 7.42. The van der Waals surface area contributed by atoms with E-state index in [-0.39, 0.29) is 24.5 Å². The normalized spacial score (nSPS) is 21.7. The summed E-state index contributed by atoms with van der Waals surface area (Å²) in [6.45, 7) is 5.16. The van der Waals surface area contributed by atoms with Crippen LogP contribution in [0.2, 0.25) is 0 Å². The summed E-state index contributed by atoms with van der Waals surface area (Å²) in [5.41, 5.74) is -0.735. The van der Waals surface area contributed by atoms with Gasteiger partial charge in [-0.05, 0) is 43.7 Å². The fourth-order valence-electron chi connectivity index (χ4n) is 3.53. The molecule has 1 N–H and O–H groups in total. The number of piperazine rings is 1. The summed E-state index contributed by atoms with van der Waals surface area (Å²) < 4.78 is 77.5. The summed E-state index contributed by atoms with van der Waals surface area (Å²) >= 11 is 0. The highest BCUT2D eigenvalue weighted by Gasteiger charge is 2.35. The third kappa shape index (κ3) is 5.44. The quantitative estimate of drug-likeness (QED) is 0.638. The molecule has 1 aliphatic heterocycles. The summed E-state index contributed by atoms with van der Waals surface area (Å²) in [5.74, 6) is 0. The Morgan fingerprint density at radius 3 is 2.00 bits per heavy atom. The number of aromatic nitrogens is 1. The van der Waals surface area contributed by atoms with Gasteiger partial charge in [0.15, 0.2) is 0 Å². The number of alkyl halides is 6.